The van der Waals surface area contributed by atoms with Crippen molar-refractivity contribution in [3.8, 4) is 0 Å². The van der Waals surface area contributed by atoms with Gasteiger partial charge >= 0.3 is 0 Å². The standard InChI is InChI=1S/C10H16N2S/c1-2-3-10-12-8-5-4-7(11)6-9(8)13-10/h7H,2-6,11H2,1H3. The van der Waals surface area contributed by atoms with Crippen LogP contribution in [0.25, 0.3) is 0 Å². The molecule has 1 aromatic rings. The highest BCUT2D eigenvalue weighted by molar-refractivity contribution is 7.11. The number of fused-ring (bicyclic) bond motifs is 1. The molecule has 72 valence electrons. The fourth-order valence-corrected chi connectivity index (χ4v) is 3.08. The van der Waals surface area contributed by atoms with E-state index in [0.29, 0.717) is 6.04 Å². The van der Waals surface area contributed by atoms with Gasteiger partial charge in [-0.3, -0.25) is 0 Å². The van der Waals surface area contributed by atoms with Crippen LogP contribution in [-0.4, -0.2) is 11.0 Å². The van der Waals surface area contributed by atoms with Crippen molar-refractivity contribution in [3.63, 3.8) is 0 Å². The van der Waals surface area contributed by atoms with E-state index in [2.05, 4.69) is 11.9 Å². The molecule has 13 heavy (non-hydrogen) atoms. The summed E-state index contributed by atoms with van der Waals surface area (Å²) in [5.74, 6) is 0. The van der Waals surface area contributed by atoms with Gasteiger partial charge < -0.3 is 5.73 Å². The number of hydrogen-bond donors (Lipinski definition) is 1. The van der Waals surface area contributed by atoms with Crippen LogP contribution >= 0.6 is 11.3 Å². The second kappa shape index (κ2) is 3.76. The van der Waals surface area contributed by atoms with Gasteiger partial charge in [0.2, 0.25) is 0 Å². The fourth-order valence-electron chi connectivity index (χ4n) is 1.77. The van der Waals surface area contributed by atoms with Crippen molar-refractivity contribution in [2.45, 2.75) is 45.1 Å². The van der Waals surface area contributed by atoms with Crippen LogP contribution in [0.1, 0.15) is 35.3 Å². The molecular formula is C10H16N2S. The Hall–Kier alpha value is -0.410. The minimum absolute atomic E-state index is 0.377. The molecule has 0 saturated carbocycles. The van der Waals surface area contributed by atoms with Gasteiger partial charge in [0.25, 0.3) is 0 Å². The summed E-state index contributed by atoms with van der Waals surface area (Å²) in [6.07, 6.45) is 5.58. The first-order valence-corrected chi connectivity index (χ1v) is 5.84. The van der Waals surface area contributed by atoms with E-state index in [1.807, 2.05) is 11.3 Å². The Kier molecular flexibility index (Phi) is 2.65. The molecule has 0 amide bonds. The molecule has 1 aliphatic carbocycles. The molecule has 1 heterocycles. The van der Waals surface area contributed by atoms with Gasteiger partial charge in [-0.25, -0.2) is 4.98 Å². The third-order valence-electron chi connectivity index (χ3n) is 2.49. The van der Waals surface area contributed by atoms with Crippen LogP contribution in [0.15, 0.2) is 0 Å². The molecule has 0 spiro atoms. The molecule has 3 heteroatoms. The zero-order valence-electron chi connectivity index (χ0n) is 8.05. The van der Waals surface area contributed by atoms with Crippen molar-refractivity contribution in [2.24, 2.45) is 5.73 Å². The lowest BCUT2D eigenvalue weighted by atomic mass is 9.99. The Balaban J connectivity index is 2.18. The van der Waals surface area contributed by atoms with Gasteiger partial charge in [-0.15, -0.1) is 11.3 Å². The smallest absolute Gasteiger partial charge is 0.0931 e. The van der Waals surface area contributed by atoms with Gasteiger partial charge in [0.1, 0.15) is 0 Å². The molecule has 0 saturated heterocycles. The normalized spacial score (nSPS) is 21.5. The maximum absolute atomic E-state index is 5.91. The summed E-state index contributed by atoms with van der Waals surface area (Å²) in [6.45, 7) is 2.20. The molecule has 2 rings (SSSR count). The monoisotopic (exact) mass is 196 g/mol. The van der Waals surface area contributed by atoms with Crippen molar-refractivity contribution in [3.05, 3.63) is 15.6 Å². The first-order valence-electron chi connectivity index (χ1n) is 5.02. The van der Waals surface area contributed by atoms with Crippen LogP contribution in [0, 0.1) is 0 Å². The summed E-state index contributed by atoms with van der Waals surface area (Å²) in [6, 6.07) is 0.377. The van der Waals surface area contributed by atoms with Crippen LogP contribution in [0.3, 0.4) is 0 Å². The van der Waals surface area contributed by atoms with Crippen molar-refractivity contribution < 1.29 is 0 Å². The van der Waals surface area contributed by atoms with E-state index in [0.717, 1.165) is 25.7 Å². The van der Waals surface area contributed by atoms with Crippen LogP contribution in [0.5, 0.6) is 0 Å². The first-order chi connectivity index (χ1) is 6.29. The maximum Gasteiger partial charge on any atom is 0.0931 e. The predicted octanol–water partition coefficient (Wildman–Crippen LogP) is 1.91. The van der Waals surface area contributed by atoms with Gasteiger partial charge in [0.15, 0.2) is 0 Å². The highest BCUT2D eigenvalue weighted by atomic mass is 32.1. The van der Waals surface area contributed by atoms with Crippen LogP contribution in [0.4, 0.5) is 0 Å². The number of rotatable bonds is 2. The molecule has 0 aliphatic heterocycles. The van der Waals surface area contributed by atoms with Gasteiger partial charge in [0, 0.05) is 10.9 Å². The summed E-state index contributed by atoms with van der Waals surface area (Å²) in [5, 5.41) is 1.31. The summed E-state index contributed by atoms with van der Waals surface area (Å²) >= 11 is 1.87. The number of thiazole rings is 1. The average Bonchev–Trinajstić information content (AvgIpc) is 2.46. The Morgan fingerprint density at radius 2 is 2.46 bits per heavy atom. The number of nitrogens with zero attached hydrogens (tertiary/aromatic N) is 1. The second-order valence-corrected chi connectivity index (χ2v) is 4.90. The van der Waals surface area contributed by atoms with Crippen LogP contribution in [-0.2, 0) is 19.3 Å². The number of hydrogen-bond acceptors (Lipinski definition) is 3. The third kappa shape index (κ3) is 1.92. The lowest BCUT2D eigenvalue weighted by Gasteiger charge is -2.15. The van der Waals surface area contributed by atoms with Crippen molar-refractivity contribution >= 4 is 11.3 Å². The predicted molar refractivity (Wildman–Crippen MR) is 56.1 cm³/mol. The zero-order chi connectivity index (χ0) is 9.26. The molecular weight excluding hydrogens is 180 g/mol. The average molecular weight is 196 g/mol. The number of aryl methyl sites for hydroxylation is 2. The van der Waals surface area contributed by atoms with E-state index in [1.54, 1.807) is 0 Å². The Morgan fingerprint density at radius 1 is 1.62 bits per heavy atom. The van der Waals surface area contributed by atoms with Crippen molar-refractivity contribution in [2.75, 3.05) is 0 Å². The summed E-state index contributed by atoms with van der Waals surface area (Å²) in [7, 11) is 0. The molecule has 1 unspecified atom stereocenters. The van der Waals surface area contributed by atoms with Gasteiger partial charge in [0.05, 0.1) is 10.7 Å². The van der Waals surface area contributed by atoms with E-state index in [9.17, 15) is 0 Å². The Labute approximate surface area is 83.2 Å². The molecule has 0 aromatic carbocycles. The van der Waals surface area contributed by atoms with Gasteiger partial charge in [-0.05, 0) is 32.1 Å². The molecule has 0 radical (unpaired) electrons. The van der Waals surface area contributed by atoms with E-state index in [1.165, 1.54) is 22.0 Å². The van der Waals surface area contributed by atoms with Gasteiger partial charge in [-0.2, -0.15) is 0 Å². The largest absolute Gasteiger partial charge is 0.327 e. The zero-order valence-corrected chi connectivity index (χ0v) is 8.86. The number of nitrogens with two attached hydrogens (primary N) is 1. The topological polar surface area (TPSA) is 38.9 Å². The molecule has 0 bridgehead atoms. The van der Waals surface area contributed by atoms with Crippen LogP contribution in [0.2, 0.25) is 0 Å². The molecule has 2 N–H and O–H groups in total. The van der Waals surface area contributed by atoms with Crippen molar-refractivity contribution in [1.82, 2.24) is 4.98 Å². The lowest BCUT2D eigenvalue weighted by molar-refractivity contribution is 0.575. The van der Waals surface area contributed by atoms with E-state index in [-0.39, 0.29) is 0 Å². The highest BCUT2D eigenvalue weighted by Gasteiger charge is 2.19. The summed E-state index contributed by atoms with van der Waals surface area (Å²) < 4.78 is 0. The lowest BCUT2D eigenvalue weighted by Crippen LogP contribution is -2.26. The molecule has 0 fully saturated rings. The third-order valence-corrected chi connectivity index (χ3v) is 3.67. The van der Waals surface area contributed by atoms with E-state index < -0.39 is 0 Å². The van der Waals surface area contributed by atoms with E-state index >= 15 is 0 Å². The second-order valence-electron chi connectivity index (χ2n) is 3.73. The Bertz CT molecular complexity index is 293. The molecule has 2 nitrogen and oxygen atoms in total. The maximum atomic E-state index is 5.91. The fraction of sp³-hybridized carbons (Fsp3) is 0.700. The summed E-state index contributed by atoms with van der Waals surface area (Å²) in [4.78, 5) is 6.08. The molecule has 1 aromatic heterocycles. The van der Waals surface area contributed by atoms with Gasteiger partial charge in [-0.1, -0.05) is 6.92 Å². The molecule has 1 atom stereocenters. The quantitative estimate of drug-likeness (QED) is 0.784. The minimum Gasteiger partial charge on any atom is -0.327 e. The first kappa shape index (κ1) is 9.16. The van der Waals surface area contributed by atoms with Crippen molar-refractivity contribution in [1.29, 1.82) is 0 Å². The highest BCUT2D eigenvalue weighted by Crippen LogP contribution is 2.26. The van der Waals surface area contributed by atoms with Crippen LogP contribution < -0.4 is 5.73 Å². The SMILES string of the molecule is CCCc1nc2c(s1)CC(N)CC2. The Morgan fingerprint density at radius 3 is 3.23 bits per heavy atom. The van der Waals surface area contributed by atoms with E-state index in [4.69, 9.17) is 5.73 Å². The minimum atomic E-state index is 0.377. The molecule has 1 aliphatic rings. The number of aromatic nitrogens is 1. The summed E-state index contributed by atoms with van der Waals surface area (Å²) in [5.41, 5.74) is 7.24.